The van der Waals surface area contributed by atoms with Crippen LogP contribution in [0.3, 0.4) is 0 Å². The summed E-state index contributed by atoms with van der Waals surface area (Å²) in [5, 5.41) is 8.16. The number of aromatic nitrogens is 6. The third-order valence-corrected chi connectivity index (χ3v) is 4.16. The number of fused-ring (bicyclic) bond motifs is 2. The van der Waals surface area contributed by atoms with Gasteiger partial charge in [0.25, 0.3) is 0 Å². The second kappa shape index (κ2) is 6.89. The van der Waals surface area contributed by atoms with Crippen LogP contribution in [0.2, 0.25) is 5.15 Å². The predicted molar refractivity (Wildman–Crippen MR) is 99.6 cm³/mol. The quantitative estimate of drug-likeness (QED) is 0.525. The summed E-state index contributed by atoms with van der Waals surface area (Å²) in [6, 6.07) is 1.98. The van der Waals surface area contributed by atoms with Crippen LogP contribution in [-0.4, -0.2) is 48.2 Å². The minimum atomic E-state index is 0.210. The first-order valence-electron chi connectivity index (χ1n) is 8.30. The molecule has 9 heteroatoms. The summed E-state index contributed by atoms with van der Waals surface area (Å²) in [6.45, 7) is 5.27. The Kier molecular flexibility index (Phi) is 4.44. The van der Waals surface area contributed by atoms with Crippen molar-refractivity contribution in [2.45, 2.75) is 20.0 Å². The Morgan fingerprint density at radius 1 is 1.19 bits per heavy atom. The minimum Gasteiger partial charge on any atom is -0.377 e. The topological polar surface area (TPSA) is 81.6 Å². The molecular formula is C17H18ClN7O. The Balaban J connectivity index is 1.59. The van der Waals surface area contributed by atoms with Crippen LogP contribution >= 0.6 is 11.6 Å². The van der Waals surface area contributed by atoms with Gasteiger partial charge in [-0.2, -0.15) is 0 Å². The molecule has 4 aromatic heterocycles. The first-order chi connectivity index (χ1) is 12.6. The normalized spacial score (nSPS) is 11.7. The number of hydrogen-bond acceptors (Lipinski definition) is 6. The second-order valence-corrected chi connectivity index (χ2v) is 6.47. The van der Waals surface area contributed by atoms with Gasteiger partial charge in [-0.15, -0.1) is 5.10 Å². The van der Waals surface area contributed by atoms with Crippen molar-refractivity contribution < 1.29 is 4.74 Å². The molecule has 0 amide bonds. The summed E-state index contributed by atoms with van der Waals surface area (Å²) in [5.41, 5.74) is 2.76. The molecule has 1 N–H and O–H groups in total. The summed E-state index contributed by atoms with van der Waals surface area (Å²) in [4.78, 5) is 12.9. The van der Waals surface area contributed by atoms with Gasteiger partial charge in [-0.05, 0) is 19.9 Å². The fraction of sp³-hybridized carbons (Fsp3) is 0.294. The number of imidazole rings is 1. The van der Waals surface area contributed by atoms with E-state index in [4.69, 9.17) is 16.3 Å². The van der Waals surface area contributed by atoms with E-state index in [1.165, 1.54) is 0 Å². The number of hydrogen-bond donors (Lipinski definition) is 1. The Morgan fingerprint density at radius 3 is 2.88 bits per heavy atom. The molecule has 0 atom stereocenters. The zero-order valence-electron chi connectivity index (χ0n) is 14.4. The van der Waals surface area contributed by atoms with Crippen molar-refractivity contribution in [3.05, 3.63) is 42.2 Å². The highest BCUT2D eigenvalue weighted by molar-refractivity contribution is 6.29. The van der Waals surface area contributed by atoms with Crippen molar-refractivity contribution in [2.75, 3.05) is 18.5 Å². The molecule has 0 aliphatic carbocycles. The number of halogens is 1. The van der Waals surface area contributed by atoms with Gasteiger partial charge < -0.3 is 10.1 Å². The van der Waals surface area contributed by atoms with Gasteiger partial charge in [-0.3, -0.25) is 4.40 Å². The molecular weight excluding hydrogens is 354 g/mol. The lowest BCUT2D eigenvalue weighted by Gasteiger charge is -2.08. The average molecular weight is 372 g/mol. The predicted octanol–water partition coefficient (Wildman–Crippen LogP) is 2.93. The fourth-order valence-electron chi connectivity index (χ4n) is 2.67. The van der Waals surface area contributed by atoms with Crippen LogP contribution in [-0.2, 0) is 4.74 Å². The maximum Gasteiger partial charge on any atom is 0.241 e. The highest BCUT2D eigenvalue weighted by atomic mass is 35.5. The highest BCUT2D eigenvalue weighted by Crippen LogP contribution is 2.25. The van der Waals surface area contributed by atoms with Gasteiger partial charge in [0.15, 0.2) is 0 Å². The Labute approximate surface area is 154 Å². The number of ether oxygens (including phenoxy) is 1. The zero-order chi connectivity index (χ0) is 18.1. The Hall–Kier alpha value is -2.71. The summed E-state index contributed by atoms with van der Waals surface area (Å²) in [6.07, 6.45) is 9.14. The molecule has 0 saturated heterocycles. The molecule has 0 saturated carbocycles. The van der Waals surface area contributed by atoms with Crippen molar-refractivity contribution in [1.29, 1.82) is 0 Å². The van der Waals surface area contributed by atoms with Gasteiger partial charge in [0.1, 0.15) is 5.15 Å². The van der Waals surface area contributed by atoms with Crippen LogP contribution in [0.1, 0.15) is 13.8 Å². The van der Waals surface area contributed by atoms with Crippen molar-refractivity contribution in [3.63, 3.8) is 0 Å². The molecule has 0 aliphatic rings. The van der Waals surface area contributed by atoms with Gasteiger partial charge in [-0.1, -0.05) is 11.6 Å². The summed E-state index contributed by atoms with van der Waals surface area (Å²) in [7, 11) is 0. The monoisotopic (exact) mass is 371 g/mol. The smallest absolute Gasteiger partial charge is 0.241 e. The first-order valence-corrected chi connectivity index (χ1v) is 8.68. The molecule has 0 bridgehead atoms. The molecule has 0 spiro atoms. The number of anilines is 1. The number of nitrogens with zero attached hydrogens (tertiary/aromatic N) is 6. The third kappa shape index (κ3) is 3.21. The van der Waals surface area contributed by atoms with E-state index < -0.39 is 0 Å². The lowest BCUT2D eigenvalue weighted by atomic mass is 10.1. The molecule has 4 aromatic rings. The molecule has 0 unspecified atom stereocenters. The molecule has 134 valence electrons. The van der Waals surface area contributed by atoms with Crippen molar-refractivity contribution in [1.82, 2.24) is 29.0 Å². The van der Waals surface area contributed by atoms with E-state index in [9.17, 15) is 0 Å². The van der Waals surface area contributed by atoms with Crippen LogP contribution in [0, 0.1) is 0 Å². The Morgan fingerprint density at radius 2 is 2.04 bits per heavy atom. The van der Waals surface area contributed by atoms with Gasteiger partial charge in [0, 0.05) is 36.3 Å². The van der Waals surface area contributed by atoms with Gasteiger partial charge in [-0.25, -0.2) is 19.5 Å². The van der Waals surface area contributed by atoms with Crippen LogP contribution in [0.5, 0.6) is 0 Å². The van der Waals surface area contributed by atoms with Gasteiger partial charge in [0.2, 0.25) is 11.7 Å². The lowest BCUT2D eigenvalue weighted by Crippen LogP contribution is -2.15. The molecule has 26 heavy (non-hydrogen) atoms. The van der Waals surface area contributed by atoms with E-state index in [2.05, 4.69) is 25.4 Å². The summed E-state index contributed by atoms with van der Waals surface area (Å²) < 4.78 is 9.03. The van der Waals surface area contributed by atoms with Crippen LogP contribution in [0.4, 0.5) is 5.95 Å². The highest BCUT2D eigenvalue weighted by Gasteiger charge is 2.10. The van der Waals surface area contributed by atoms with E-state index >= 15 is 0 Å². The van der Waals surface area contributed by atoms with Crippen molar-refractivity contribution in [2.24, 2.45) is 0 Å². The molecule has 0 aromatic carbocycles. The molecule has 0 aliphatic heterocycles. The average Bonchev–Trinajstić information content (AvgIpc) is 3.22. The lowest BCUT2D eigenvalue weighted by molar-refractivity contribution is 0.0869. The zero-order valence-corrected chi connectivity index (χ0v) is 15.2. The Bertz CT molecular complexity index is 1060. The molecule has 4 heterocycles. The van der Waals surface area contributed by atoms with E-state index in [1.54, 1.807) is 27.5 Å². The summed E-state index contributed by atoms with van der Waals surface area (Å²) in [5.74, 6) is 1.12. The molecule has 4 rings (SSSR count). The SMILES string of the molecule is CC(C)OCCNc1ncc2c(-c3cnc4ncc(Cl)n4c3)ccn2n1. The number of nitrogens with one attached hydrogen (secondary N) is 1. The second-order valence-electron chi connectivity index (χ2n) is 6.08. The van der Waals surface area contributed by atoms with E-state index in [0.29, 0.717) is 30.0 Å². The van der Waals surface area contributed by atoms with Crippen LogP contribution in [0.15, 0.2) is 37.1 Å². The van der Waals surface area contributed by atoms with Gasteiger partial charge >= 0.3 is 0 Å². The largest absolute Gasteiger partial charge is 0.377 e. The van der Waals surface area contributed by atoms with E-state index in [0.717, 1.165) is 16.6 Å². The fourth-order valence-corrected chi connectivity index (χ4v) is 2.84. The van der Waals surface area contributed by atoms with Crippen LogP contribution in [0.25, 0.3) is 22.4 Å². The molecule has 0 radical (unpaired) electrons. The minimum absolute atomic E-state index is 0.210. The molecule has 8 nitrogen and oxygen atoms in total. The molecule has 0 fully saturated rings. The third-order valence-electron chi connectivity index (χ3n) is 3.88. The van der Waals surface area contributed by atoms with E-state index in [1.807, 2.05) is 32.3 Å². The first kappa shape index (κ1) is 16.7. The standard InChI is InChI=1S/C17H18ClN7O/c1-11(2)26-6-4-19-16-20-8-14-13(3-5-25(14)23-16)12-7-21-17-22-9-15(18)24(17)10-12/h3,5,7-11H,4,6H2,1-2H3,(H,19,23). The van der Waals surface area contributed by atoms with Crippen molar-refractivity contribution >= 4 is 28.8 Å². The van der Waals surface area contributed by atoms with Gasteiger partial charge in [0.05, 0.1) is 30.6 Å². The number of rotatable bonds is 6. The van der Waals surface area contributed by atoms with Crippen LogP contribution < -0.4 is 5.32 Å². The maximum atomic E-state index is 6.14. The van der Waals surface area contributed by atoms with Crippen molar-refractivity contribution in [3.8, 4) is 11.1 Å². The maximum absolute atomic E-state index is 6.14. The van der Waals surface area contributed by atoms with E-state index in [-0.39, 0.29) is 6.10 Å². The summed E-state index contributed by atoms with van der Waals surface area (Å²) >= 11 is 6.14.